The van der Waals surface area contributed by atoms with Crippen LogP contribution >= 0.6 is 11.3 Å². The number of aliphatic hydroxyl groups excluding tert-OH is 2. The quantitative estimate of drug-likeness (QED) is 0.0600. The molecule has 4 N–H and O–H groups in total. The highest BCUT2D eigenvalue weighted by molar-refractivity contribution is 7.13. The minimum Gasteiger partial charge on any atom is -0.507 e. The van der Waals surface area contributed by atoms with Crippen molar-refractivity contribution in [2.45, 2.75) is 123 Å². The molecule has 418 valence electrons. The van der Waals surface area contributed by atoms with E-state index >= 15 is 0 Å². The lowest BCUT2D eigenvalue weighted by Gasteiger charge is -2.35. The Hall–Kier alpha value is -4.83. The average molecular weight is 1080 g/mol. The summed E-state index contributed by atoms with van der Waals surface area (Å²) in [6.07, 6.45) is 1.69. The van der Waals surface area contributed by atoms with Gasteiger partial charge in [0, 0.05) is 52.2 Å². The topological polar surface area (TPSA) is 211 Å². The number of β-amino-alcohol motifs (C(OH)–C–C–N with tert-alkyl or cyclic N) is 1. The van der Waals surface area contributed by atoms with E-state index < -0.39 is 47.0 Å². The fourth-order valence-electron chi connectivity index (χ4n) is 10.8. The molecular weight excluding hydrogens is 993 g/mol. The van der Waals surface area contributed by atoms with Crippen molar-refractivity contribution in [3.05, 3.63) is 81.2 Å². The van der Waals surface area contributed by atoms with Crippen molar-refractivity contribution in [3.8, 4) is 10.4 Å². The molecule has 7 rings (SSSR count). The molecule has 0 radical (unpaired) electrons. The van der Waals surface area contributed by atoms with Crippen molar-refractivity contribution in [1.29, 1.82) is 0 Å². The lowest BCUT2D eigenvalue weighted by Crippen LogP contribution is -2.58. The first kappa shape index (κ1) is 58.8. The van der Waals surface area contributed by atoms with Crippen molar-refractivity contribution in [3.63, 3.8) is 0 Å². The first-order valence-corrected chi connectivity index (χ1v) is 27.9. The lowest BCUT2D eigenvalue weighted by atomic mass is 9.80. The van der Waals surface area contributed by atoms with Crippen molar-refractivity contribution in [2.75, 3.05) is 105 Å². The second-order valence-corrected chi connectivity index (χ2v) is 22.8. The summed E-state index contributed by atoms with van der Waals surface area (Å²) in [4.78, 5) is 65.4. The SMILES string of the molecule is Cc1cc(C)c(C2=C(O)C3(CCC(OCCOCCN4CCN(CCOCCOCCOCC(=O)N[C@H](C(=O)N5C[C@H](O)C[C@H]5C(=O)N[C@@H](C)c5ccc(-c6scnc6C)cc5)C(C)(C)C)CC4)CC3)OC2=O)c(C)c1. The average Bonchev–Trinajstić information content (AvgIpc) is 4.09. The number of ether oxygens (including phenoxy) is 6. The molecule has 76 heavy (non-hydrogen) atoms. The number of carbonyl (C=O) groups is 4. The van der Waals surface area contributed by atoms with Gasteiger partial charge in [0.05, 0.1) is 87.2 Å². The number of aliphatic hydroxyl groups is 2. The van der Waals surface area contributed by atoms with Gasteiger partial charge in [-0.2, -0.15) is 0 Å². The number of amides is 3. The Morgan fingerprint density at radius 3 is 2.00 bits per heavy atom. The van der Waals surface area contributed by atoms with Crippen LogP contribution in [0.15, 0.2) is 47.7 Å². The van der Waals surface area contributed by atoms with Gasteiger partial charge < -0.3 is 54.2 Å². The molecule has 2 aromatic carbocycles. The van der Waals surface area contributed by atoms with Crippen LogP contribution < -0.4 is 10.6 Å². The van der Waals surface area contributed by atoms with Crippen molar-refractivity contribution in [2.24, 2.45) is 5.41 Å². The van der Waals surface area contributed by atoms with E-state index in [1.54, 1.807) is 11.3 Å². The molecule has 3 amide bonds. The van der Waals surface area contributed by atoms with Gasteiger partial charge in [-0.3, -0.25) is 24.2 Å². The second-order valence-electron chi connectivity index (χ2n) is 21.9. The number of likely N-dealkylation sites (tertiary alicyclic amines) is 1. The standard InChI is InChI=1S/C57H82N6O12S/c1-37-31-38(2)48(39(3)32-37)49-52(66)57(75-55(49)69)15-13-45(14-16-57)74-30-29-71-24-22-62-19-17-61(18-20-62)21-23-70-25-26-72-27-28-73-35-47(65)60-51(56(6,7)8)54(68)63-34-44(64)33-46(63)53(67)59-40(4)42-9-11-43(12-10-42)50-41(5)58-36-76-50/h9-12,31-32,36,40,44-46,51,64,66H,13-30,33-35H2,1-8H3,(H,59,67)(H,60,65)/t40-,44+,45?,46-,51+,57?/m0/s1. The number of aryl methyl sites for hydroxylation is 4. The summed E-state index contributed by atoms with van der Waals surface area (Å²) in [6, 6.07) is 9.79. The minimum absolute atomic E-state index is 0.0157. The third kappa shape index (κ3) is 15.5. The second kappa shape index (κ2) is 27.2. The van der Waals surface area contributed by atoms with Crippen LogP contribution in [0.1, 0.15) is 99.4 Å². The molecule has 1 spiro atoms. The first-order valence-electron chi connectivity index (χ1n) is 27.0. The van der Waals surface area contributed by atoms with E-state index in [0.29, 0.717) is 70.9 Å². The molecular formula is C57H82N6O12S. The van der Waals surface area contributed by atoms with E-state index in [-0.39, 0.29) is 56.6 Å². The molecule has 3 fully saturated rings. The van der Waals surface area contributed by atoms with E-state index in [1.807, 2.05) is 97.3 Å². The largest absolute Gasteiger partial charge is 0.507 e. The number of rotatable bonds is 25. The van der Waals surface area contributed by atoms with Gasteiger partial charge in [0.25, 0.3) is 0 Å². The Morgan fingerprint density at radius 1 is 0.842 bits per heavy atom. The monoisotopic (exact) mass is 1070 g/mol. The van der Waals surface area contributed by atoms with Crippen LogP contribution in [0.4, 0.5) is 0 Å². The number of hydrogen-bond donors (Lipinski definition) is 4. The molecule has 4 heterocycles. The van der Waals surface area contributed by atoms with Crippen LogP contribution in [0.25, 0.3) is 16.0 Å². The highest BCUT2D eigenvalue weighted by atomic mass is 32.1. The van der Waals surface area contributed by atoms with Crippen LogP contribution in [0.3, 0.4) is 0 Å². The van der Waals surface area contributed by atoms with Gasteiger partial charge in [0.1, 0.15) is 24.3 Å². The number of thiazole rings is 1. The zero-order valence-electron chi connectivity index (χ0n) is 46.0. The predicted octanol–water partition coefficient (Wildman–Crippen LogP) is 5.62. The Bertz CT molecular complexity index is 2440. The fourth-order valence-corrected chi connectivity index (χ4v) is 11.6. The molecule has 1 saturated carbocycles. The van der Waals surface area contributed by atoms with E-state index in [1.165, 1.54) is 4.90 Å². The molecule has 3 aliphatic heterocycles. The summed E-state index contributed by atoms with van der Waals surface area (Å²) >= 11 is 1.58. The lowest BCUT2D eigenvalue weighted by molar-refractivity contribution is -0.152. The molecule has 3 aromatic rings. The summed E-state index contributed by atoms with van der Waals surface area (Å²) in [5, 5.41) is 27.8. The summed E-state index contributed by atoms with van der Waals surface area (Å²) in [5.74, 6) is -1.66. The van der Waals surface area contributed by atoms with Gasteiger partial charge >= 0.3 is 5.97 Å². The van der Waals surface area contributed by atoms with Crippen LogP contribution in [0.5, 0.6) is 0 Å². The van der Waals surface area contributed by atoms with Gasteiger partial charge in [-0.1, -0.05) is 62.7 Å². The molecule has 1 aliphatic carbocycles. The van der Waals surface area contributed by atoms with Gasteiger partial charge in [-0.25, -0.2) is 9.78 Å². The van der Waals surface area contributed by atoms with Crippen molar-refractivity contribution >= 4 is 40.6 Å². The summed E-state index contributed by atoms with van der Waals surface area (Å²) in [6.45, 7) is 24.1. The number of esters is 1. The fraction of sp³-hybridized carbons (Fsp3) is 0.632. The van der Waals surface area contributed by atoms with E-state index in [9.17, 15) is 29.4 Å². The smallest absolute Gasteiger partial charge is 0.343 e. The first-order chi connectivity index (χ1) is 36.3. The zero-order valence-corrected chi connectivity index (χ0v) is 46.8. The van der Waals surface area contributed by atoms with Crippen molar-refractivity contribution in [1.82, 2.24) is 30.3 Å². The van der Waals surface area contributed by atoms with Gasteiger partial charge in [0.2, 0.25) is 17.7 Å². The normalized spacial score (nSPS) is 22.3. The van der Waals surface area contributed by atoms with Gasteiger partial charge in [-0.15, -0.1) is 11.3 Å². The minimum atomic E-state index is -0.969. The maximum absolute atomic E-state index is 14.0. The molecule has 4 atom stereocenters. The predicted molar refractivity (Wildman–Crippen MR) is 290 cm³/mol. The van der Waals surface area contributed by atoms with Crippen LogP contribution in [-0.4, -0.2) is 189 Å². The number of aromatic nitrogens is 1. The molecule has 1 aromatic heterocycles. The number of nitrogens with zero attached hydrogens (tertiary/aromatic N) is 4. The number of hydrogen-bond acceptors (Lipinski definition) is 16. The van der Waals surface area contributed by atoms with Gasteiger partial charge in [0.15, 0.2) is 11.4 Å². The van der Waals surface area contributed by atoms with E-state index in [0.717, 1.165) is 83.2 Å². The highest BCUT2D eigenvalue weighted by Crippen LogP contribution is 2.47. The number of nitrogens with one attached hydrogen (secondary N) is 2. The van der Waals surface area contributed by atoms with E-state index in [2.05, 4.69) is 25.4 Å². The maximum Gasteiger partial charge on any atom is 0.343 e. The Morgan fingerprint density at radius 2 is 1.42 bits per heavy atom. The molecule has 2 saturated heterocycles. The van der Waals surface area contributed by atoms with Crippen LogP contribution in [0.2, 0.25) is 0 Å². The third-order valence-corrected chi connectivity index (χ3v) is 16.0. The summed E-state index contributed by atoms with van der Waals surface area (Å²) < 4.78 is 35.0. The Kier molecular flexibility index (Phi) is 21.0. The van der Waals surface area contributed by atoms with E-state index in [4.69, 9.17) is 28.4 Å². The number of benzene rings is 2. The van der Waals surface area contributed by atoms with Crippen molar-refractivity contribution < 1.29 is 57.8 Å². The summed E-state index contributed by atoms with van der Waals surface area (Å²) in [5.41, 5.74) is 7.17. The molecule has 19 heteroatoms. The maximum atomic E-state index is 14.0. The summed E-state index contributed by atoms with van der Waals surface area (Å²) in [7, 11) is 0. The molecule has 0 bridgehead atoms. The molecule has 0 unspecified atom stereocenters. The number of piperazine rings is 1. The van der Waals surface area contributed by atoms with Crippen LogP contribution in [-0.2, 0) is 47.6 Å². The Balaban J connectivity index is 0.688. The third-order valence-electron chi connectivity index (χ3n) is 15.0. The molecule has 18 nitrogen and oxygen atoms in total. The zero-order chi connectivity index (χ0) is 54.6. The van der Waals surface area contributed by atoms with Gasteiger partial charge in [-0.05, 0) is 93.5 Å². The highest BCUT2D eigenvalue weighted by Gasteiger charge is 2.51. The van der Waals surface area contributed by atoms with Crippen LogP contribution in [0, 0.1) is 33.1 Å². The number of carbonyl (C=O) groups excluding carboxylic acids is 4. The molecule has 4 aliphatic rings. The Labute approximate surface area is 452 Å².